The van der Waals surface area contributed by atoms with Crippen LogP contribution in [0.4, 0.5) is 0 Å². The molecule has 0 N–H and O–H groups in total. The lowest BCUT2D eigenvalue weighted by atomic mass is 10.4. The third-order valence-corrected chi connectivity index (χ3v) is 4.21. The Labute approximate surface area is 96.2 Å². The van der Waals surface area contributed by atoms with E-state index in [1.54, 1.807) is 6.92 Å². The number of esters is 1. The third-order valence-electron chi connectivity index (χ3n) is 2.46. The van der Waals surface area contributed by atoms with Gasteiger partial charge in [0.2, 0.25) is 10.0 Å². The second-order valence-electron chi connectivity index (χ2n) is 3.76. The summed E-state index contributed by atoms with van der Waals surface area (Å²) in [4.78, 5) is 13.2. The van der Waals surface area contributed by atoms with Gasteiger partial charge in [0, 0.05) is 26.2 Å². The summed E-state index contributed by atoms with van der Waals surface area (Å²) >= 11 is 0. The van der Waals surface area contributed by atoms with E-state index >= 15 is 0 Å². The van der Waals surface area contributed by atoms with Crippen molar-refractivity contribution in [3.8, 4) is 0 Å². The van der Waals surface area contributed by atoms with Gasteiger partial charge in [0.25, 0.3) is 0 Å². The zero-order chi connectivity index (χ0) is 12.2. The predicted molar refractivity (Wildman–Crippen MR) is 59.5 cm³/mol. The van der Waals surface area contributed by atoms with Gasteiger partial charge in [-0.3, -0.25) is 4.79 Å². The molecule has 0 spiro atoms. The first-order chi connectivity index (χ1) is 7.45. The summed E-state index contributed by atoms with van der Waals surface area (Å²) in [7, 11) is -1.56. The van der Waals surface area contributed by atoms with Crippen molar-refractivity contribution in [1.82, 2.24) is 9.21 Å². The van der Waals surface area contributed by atoms with Gasteiger partial charge in [-0.2, -0.15) is 4.31 Å². The number of likely N-dealkylation sites (N-methyl/N-ethyl adjacent to an activating group) is 1. The van der Waals surface area contributed by atoms with E-state index in [1.807, 2.05) is 7.05 Å². The van der Waals surface area contributed by atoms with Crippen molar-refractivity contribution in [3.63, 3.8) is 0 Å². The lowest BCUT2D eigenvalue weighted by Gasteiger charge is -2.31. The van der Waals surface area contributed by atoms with Crippen LogP contribution in [-0.2, 0) is 19.6 Å². The van der Waals surface area contributed by atoms with Gasteiger partial charge < -0.3 is 9.64 Å². The van der Waals surface area contributed by atoms with E-state index in [2.05, 4.69) is 9.64 Å². The monoisotopic (exact) mass is 250 g/mol. The lowest BCUT2D eigenvalue weighted by molar-refractivity contribution is -0.140. The molecule has 0 unspecified atom stereocenters. The standard InChI is InChI=1S/C9H18N2O4S/c1-3-15-9(12)8-16(13,14)11-6-4-10(2)5-7-11/h3-8H2,1-2H3. The maximum absolute atomic E-state index is 11.8. The molecule has 1 fully saturated rings. The topological polar surface area (TPSA) is 66.9 Å². The van der Waals surface area contributed by atoms with E-state index in [9.17, 15) is 13.2 Å². The lowest BCUT2D eigenvalue weighted by Crippen LogP contribution is -2.48. The number of nitrogens with zero attached hydrogens (tertiary/aromatic N) is 2. The van der Waals surface area contributed by atoms with Crippen LogP contribution in [0.5, 0.6) is 0 Å². The molecule has 0 aromatic rings. The molecule has 1 aliphatic heterocycles. The molecule has 1 heterocycles. The number of rotatable bonds is 4. The SMILES string of the molecule is CCOC(=O)CS(=O)(=O)N1CCN(C)CC1. The van der Waals surface area contributed by atoms with E-state index in [-0.39, 0.29) is 6.61 Å². The predicted octanol–water partition coefficient (Wildman–Crippen LogP) is -0.873. The van der Waals surface area contributed by atoms with Gasteiger partial charge in [-0.05, 0) is 14.0 Å². The fraction of sp³-hybridized carbons (Fsp3) is 0.889. The molecule has 0 amide bonds. The van der Waals surface area contributed by atoms with E-state index in [1.165, 1.54) is 4.31 Å². The summed E-state index contributed by atoms with van der Waals surface area (Å²) in [5.41, 5.74) is 0. The molecule has 1 rings (SSSR count). The van der Waals surface area contributed by atoms with Crippen LogP contribution < -0.4 is 0 Å². The smallest absolute Gasteiger partial charge is 0.322 e. The molecule has 1 saturated heterocycles. The fourth-order valence-electron chi connectivity index (χ4n) is 1.51. The van der Waals surface area contributed by atoms with Crippen molar-refractivity contribution in [2.45, 2.75) is 6.92 Å². The van der Waals surface area contributed by atoms with Gasteiger partial charge >= 0.3 is 5.97 Å². The molecule has 7 heteroatoms. The van der Waals surface area contributed by atoms with Gasteiger partial charge in [-0.25, -0.2) is 8.42 Å². The van der Waals surface area contributed by atoms with Crippen molar-refractivity contribution >= 4 is 16.0 Å². The molecule has 1 aliphatic rings. The fourth-order valence-corrected chi connectivity index (χ4v) is 2.79. The maximum Gasteiger partial charge on any atom is 0.322 e. The van der Waals surface area contributed by atoms with Crippen LogP contribution >= 0.6 is 0 Å². The Morgan fingerprint density at radius 1 is 1.25 bits per heavy atom. The first kappa shape index (κ1) is 13.4. The van der Waals surface area contributed by atoms with Crippen molar-refractivity contribution in [2.24, 2.45) is 0 Å². The van der Waals surface area contributed by atoms with Gasteiger partial charge in [-0.1, -0.05) is 0 Å². The molecular weight excluding hydrogens is 232 g/mol. The molecule has 0 atom stereocenters. The molecule has 6 nitrogen and oxygen atoms in total. The molecule has 0 aliphatic carbocycles. The first-order valence-corrected chi connectivity index (χ1v) is 6.88. The Morgan fingerprint density at radius 2 is 1.81 bits per heavy atom. The number of hydrogen-bond acceptors (Lipinski definition) is 5. The Kier molecular flexibility index (Phi) is 4.69. The third kappa shape index (κ3) is 3.73. The summed E-state index contributed by atoms with van der Waals surface area (Å²) in [6.45, 7) is 4.14. The van der Waals surface area contributed by atoms with E-state index in [4.69, 9.17) is 0 Å². The highest BCUT2D eigenvalue weighted by Crippen LogP contribution is 2.07. The maximum atomic E-state index is 11.8. The second kappa shape index (κ2) is 5.60. The minimum absolute atomic E-state index is 0.205. The number of ether oxygens (including phenoxy) is 1. The Hall–Kier alpha value is -0.660. The summed E-state index contributed by atoms with van der Waals surface area (Å²) in [6, 6.07) is 0. The van der Waals surface area contributed by atoms with Gasteiger partial charge in [0.1, 0.15) is 0 Å². The molecule has 0 radical (unpaired) electrons. The first-order valence-electron chi connectivity index (χ1n) is 5.27. The summed E-state index contributed by atoms with van der Waals surface area (Å²) in [5.74, 6) is -1.23. The van der Waals surface area contributed by atoms with Crippen LogP contribution in [0.15, 0.2) is 0 Å². The highest BCUT2D eigenvalue weighted by atomic mass is 32.2. The Morgan fingerprint density at radius 3 is 2.31 bits per heavy atom. The minimum atomic E-state index is -3.50. The molecule has 0 saturated carbocycles. The number of carbonyl (C=O) groups is 1. The van der Waals surface area contributed by atoms with Gasteiger partial charge in [0.15, 0.2) is 5.75 Å². The van der Waals surface area contributed by atoms with Gasteiger partial charge in [0.05, 0.1) is 6.61 Å². The highest BCUT2D eigenvalue weighted by molar-refractivity contribution is 7.89. The molecule has 0 aromatic carbocycles. The van der Waals surface area contributed by atoms with Crippen LogP contribution in [0.3, 0.4) is 0 Å². The van der Waals surface area contributed by atoms with Crippen LogP contribution in [0.1, 0.15) is 6.92 Å². The highest BCUT2D eigenvalue weighted by Gasteiger charge is 2.28. The van der Waals surface area contributed by atoms with Crippen LogP contribution in [0, 0.1) is 0 Å². The summed E-state index contributed by atoms with van der Waals surface area (Å²) < 4.78 is 29.6. The van der Waals surface area contributed by atoms with Gasteiger partial charge in [-0.15, -0.1) is 0 Å². The van der Waals surface area contributed by atoms with E-state index in [0.29, 0.717) is 26.2 Å². The van der Waals surface area contributed by atoms with E-state index in [0.717, 1.165) is 0 Å². The molecule has 16 heavy (non-hydrogen) atoms. The number of sulfonamides is 1. The molecule has 0 bridgehead atoms. The van der Waals surface area contributed by atoms with Crippen molar-refractivity contribution in [3.05, 3.63) is 0 Å². The second-order valence-corrected chi connectivity index (χ2v) is 5.73. The van der Waals surface area contributed by atoms with Crippen molar-refractivity contribution in [2.75, 3.05) is 45.6 Å². The van der Waals surface area contributed by atoms with Crippen LogP contribution in [-0.4, -0.2) is 69.2 Å². The quantitative estimate of drug-likeness (QED) is 0.607. The Balaban J connectivity index is 2.54. The summed E-state index contributed by atoms with van der Waals surface area (Å²) in [5, 5.41) is 0. The number of piperazine rings is 1. The van der Waals surface area contributed by atoms with Crippen molar-refractivity contribution in [1.29, 1.82) is 0 Å². The number of hydrogen-bond donors (Lipinski definition) is 0. The van der Waals surface area contributed by atoms with Crippen molar-refractivity contribution < 1.29 is 17.9 Å². The largest absolute Gasteiger partial charge is 0.465 e. The van der Waals surface area contributed by atoms with Crippen LogP contribution in [0.25, 0.3) is 0 Å². The normalized spacial score (nSPS) is 19.6. The average molecular weight is 250 g/mol. The average Bonchev–Trinajstić information content (AvgIpc) is 2.17. The Bertz CT molecular complexity index is 333. The summed E-state index contributed by atoms with van der Waals surface area (Å²) in [6.07, 6.45) is 0. The van der Waals surface area contributed by atoms with Crippen LogP contribution in [0.2, 0.25) is 0 Å². The zero-order valence-electron chi connectivity index (χ0n) is 9.68. The molecular formula is C9H18N2O4S. The number of carbonyl (C=O) groups excluding carboxylic acids is 1. The van der Waals surface area contributed by atoms with E-state index < -0.39 is 21.7 Å². The zero-order valence-corrected chi connectivity index (χ0v) is 10.5. The molecule has 94 valence electrons. The minimum Gasteiger partial charge on any atom is -0.465 e. The molecule has 0 aromatic heterocycles.